The summed E-state index contributed by atoms with van der Waals surface area (Å²) in [6.45, 7) is 0. The van der Waals surface area contributed by atoms with E-state index in [9.17, 15) is 4.79 Å². The highest BCUT2D eigenvalue weighted by Gasteiger charge is 2.14. The van der Waals surface area contributed by atoms with Crippen molar-refractivity contribution in [2.75, 3.05) is 7.11 Å². The normalized spacial score (nSPS) is 13.3. The van der Waals surface area contributed by atoms with Crippen LogP contribution in [0.15, 0.2) is 48.5 Å². The molecule has 2 nitrogen and oxygen atoms in total. The number of hydrogen-bond donors (Lipinski definition) is 0. The first-order valence-corrected chi connectivity index (χ1v) is 6.75. The third-order valence-electron chi connectivity index (χ3n) is 3.72. The summed E-state index contributed by atoms with van der Waals surface area (Å²) in [6.07, 6.45) is 5.22. The zero-order valence-electron chi connectivity index (χ0n) is 11.4. The van der Waals surface area contributed by atoms with Gasteiger partial charge in [0.15, 0.2) is 0 Å². The van der Waals surface area contributed by atoms with Gasteiger partial charge in [0.05, 0.1) is 7.11 Å². The number of benzene rings is 2. The molecule has 0 radical (unpaired) electrons. The number of carbonyl (C=O) groups is 1. The highest BCUT2D eigenvalue weighted by Crippen LogP contribution is 2.33. The first-order valence-electron chi connectivity index (χ1n) is 6.75. The van der Waals surface area contributed by atoms with Crippen LogP contribution in [0.1, 0.15) is 33.5 Å². The van der Waals surface area contributed by atoms with Gasteiger partial charge in [0.2, 0.25) is 0 Å². The van der Waals surface area contributed by atoms with Gasteiger partial charge in [-0.15, -0.1) is 0 Å². The Bertz CT molecular complexity index is 666. The Labute approximate surface area is 118 Å². The van der Waals surface area contributed by atoms with Gasteiger partial charge in [0.25, 0.3) is 0 Å². The van der Waals surface area contributed by atoms with Crippen molar-refractivity contribution in [3.05, 3.63) is 70.8 Å². The van der Waals surface area contributed by atoms with Crippen molar-refractivity contribution < 1.29 is 9.53 Å². The van der Waals surface area contributed by atoms with Crippen molar-refractivity contribution in [1.29, 1.82) is 0 Å². The maximum atomic E-state index is 10.7. The van der Waals surface area contributed by atoms with Crippen LogP contribution in [0.2, 0.25) is 0 Å². The average Bonchev–Trinajstić information content (AvgIpc) is 2.54. The number of carbonyl (C=O) groups excluding carboxylic acids is 1. The quantitative estimate of drug-likeness (QED) is 0.786. The summed E-state index contributed by atoms with van der Waals surface area (Å²) in [4.78, 5) is 10.7. The number of allylic oxidation sites excluding steroid dienone is 1. The molecule has 1 aliphatic carbocycles. The Morgan fingerprint density at radius 1 is 1.10 bits per heavy atom. The zero-order valence-corrected chi connectivity index (χ0v) is 11.4. The summed E-state index contributed by atoms with van der Waals surface area (Å²) in [6, 6.07) is 14.0. The zero-order chi connectivity index (χ0) is 13.9. The molecule has 0 saturated heterocycles. The molecule has 0 heterocycles. The summed E-state index contributed by atoms with van der Waals surface area (Å²) in [5.41, 5.74) is 5.69. The fourth-order valence-corrected chi connectivity index (χ4v) is 2.66. The molecule has 0 fully saturated rings. The molecule has 0 saturated carbocycles. The topological polar surface area (TPSA) is 26.3 Å². The summed E-state index contributed by atoms with van der Waals surface area (Å²) < 4.78 is 5.29. The second-order valence-electron chi connectivity index (χ2n) is 4.92. The van der Waals surface area contributed by atoms with Crippen LogP contribution in [-0.4, -0.2) is 13.4 Å². The molecule has 3 rings (SSSR count). The molecule has 2 aromatic carbocycles. The molecule has 0 bridgehead atoms. The van der Waals surface area contributed by atoms with Crippen molar-refractivity contribution in [2.45, 2.75) is 12.8 Å². The van der Waals surface area contributed by atoms with E-state index >= 15 is 0 Å². The third-order valence-corrected chi connectivity index (χ3v) is 3.72. The van der Waals surface area contributed by atoms with Crippen LogP contribution in [0.5, 0.6) is 5.75 Å². The van der Waals surface area contributed by atoms with Gasteiger partial charge in [-0.2, -0.15) is 0 Å². The fourth-order valence-electron chi connectivity index (χ4n) is 2.66. The fraction of sp³-hybridized carbons (Fsp3) is 0.167. The lowest BCUT2D eigenvalue weighted by Gasteiger charge is -2.19. The van der Waals surface area contributed by atoms with Crippen LogP contribution < -0.4 is 4.74 Å². The second kappa shape index (κ2) is 5.33. The number of hydrogen-bond acceptors (Lipinski definition) is 2. The molecule has 0 aromatic heterocycles. The van der Waals surface area contributed by atoms with E-state index in [4.69, 9.17) is 4.74 Å². The molecule has 0 atom stereocenters. The van der Waals surface area contributed by atoms with E-state index < -0.39 is 0 Å². The van der Waals surface area contributed by atoms with Crippen molar-refractivity contribution in [3.63, 3.8) is 0 Å². The molecule has 2 heteroatoms. The predicted octanol–water partition coefficient (Wildman–Crippen LogP) is 3.89. The van der Waals surface area contributed by atoms with E-state index in [-0.39, 0.29) is 0 Å². The molecule has 0 amide bonds. The van der Waals surface area contributed by atoms with Crippen molar-refractivity contribution >= 4 is 11.9 Å². The minimum absolute atomic E-state index is 0.708. The minimum atomic E-state index is 0.708. The Kier molecular flexibility index (Phi) is 3.38. The van der Waals surface area contributed by atoms with Gasteiger partial charge < -0.3 is 4.74 Å². The van der Waals surface area contributed by atoms with Gasteiger partial charge >= 0.3 is 0 Å². The van der Waals surface area contributed by atoms with Crippen LogP contribution in [0.3, 0.4) is 0 Å². The number of fused-ring (bicyclic) bond motifs is 1. The molecular formula is C18H16O2. The lowest BCUT2D eigenvalue weighted by atomic mass is 9.86. The maximum Gasteiger partial charge on any atom is 0.150 e. The van der Waals surface area contributed by atoms with Crippen LogP contribution in [0.4, 0.5) is 0 Å². The number of ether oxygens (including phenoxy) is 1. The Balaban J connectivity index is 2.03. The number of aldehydes is 1. The highest BCUT2D eigenvalue weighted by molar-refractivity contribution is 5.84. The van der Waals surface area contributed by atoms with Gasteiger partial charge in [-0.3, -0.25) is 4.79 Å². The van der Waals surface area contributed by atoms with E-state index in [2.05, 4.69) is 18.2 Å². The molecule has 100 valence electrons. The van der Waals surface area contributed by atoms with Gasteiger partial charge in [0.1, 0.15) is 12.0 Å². The lowest BCUT2D eigenvalue weighted by molar-refractivity contribution is 0.112. The third kappa shape index (κ3) is 2.25. The van der Waals surface area contributed by atoms with Gasteiger partial charge in [-0.05, 0) is 47.2 Å². The van der Waals surface area contributed by atoms with Crippen LogP contribution in [-0.2, 0) is 6.42 Å². The maximum absolute atomic E-state index is 10.7. The van der Waals surface area contributed by atoms with Gasteiger partial charge in [-0.25, -0.2) is 0 Å². The molecule has 0 unspecified atom stereocenters. The summed E-state index contributed by atoms with van der Waals surface area (Å²) in [5.74, 6) is 0.904. The Morgan fingerprint density at radius 3 is 2.60 bits per heavy atom. The SMILES string of the molecule is COc1ccc2c(c1)CCC=C2c1ccc(C=O)cc1. The van der Waals surface area contributed by atoms with Gasteiger partial charge in [-0.1, -0.05) is 36.4 Å². The standard InChI is InChI=1S/C18H16O2/c1-20-16-9-10-18-15(11-16)3-2-4-17(18)14-7-5-13(12-19)6-8-14/h4-12H,2-3H2,1H3. The molecule has 2 aromatic rings. The first kappa shape index (κ1) is 12.7. The summed E-state index contributed by atoms with van der Waals surface area (Å²) in [5, 5.41) is 0. The smallest absolute Gasteiger partial charge is 0.150 e. The van der Waals surface area contributed by atoms with E-state index in [1.807, 2.05) is 30.3 Å². The van der Waals surface area contributed by atoms with Crippen LogP contribution >= 0.6 is 0 Å². The lowest BCUT2D eigenvalue weighted by Crippen LogP contribution is -2.01. The highest BCUT2D eigenvalue weighted by atomic mass is 16.5. The van der Waals surface area contributed by atoms with Crippen LogP contribution in [0.25, 0.3) is 5.57 Å². The summed E-state index contributed by atoms with van der Waals surface area (Å²) >= 11 is 0. The van der Waals surface area contributed by atoms with Crippen molar-refractivity contribution in [2.24, 2.45) is 0 Å². The van der Waals surface area contributed by atoms with Crippen LogP contribution in [0, 0.1) is 0 Å². The van der Waals surface area contributed by atoms with Gasteiger partial charge in [0, 0.05) is 5.56 Å². The number of methoxy groups -OCH3 is 1. The average molecular weight is 264 g/mol. The molecule has 0 aliphatic heterocycles. The molecular weight excluding hydrogens is 248 g/mol. The number of rotatable bonds is 3. The Morgan fingerprint density at radius 2 is 1.90 bits per heavy atom. The van der Waals surface area contributed by atoms with E-state index in [0.717, 1.165) is 30.4 Å². The summed E-state index contributed by atoms with van der Waals surface area (Å²) in [7, 11) is 1.69. The Hall–Kier alpha value is -2.35. The van der Waals surface area contributed by atoms with E-state index in [1.54, 1.807) is 7.11 Å². The predicted molar refractivity (Wildman–Crippen MR) is 80.2 cm³/mol. The molecule has 0 N–H and O–H groups in total. The minimum Gasteiger partial charge on any atom is -0.497 e. The molecule has 0 spiro atoms. The van der Waals surface area contributed by atoms with Crippen molar-refractivity contribution in [1.82, 2.24) is 0 Å². The monoisotopic (exact) mass is 264 g/mol. The molecule has 20 heavy (non-hydrogen) atoms. The first-order chi connectivity index (χ1) is 9.81. The van der Waals surface area contributed by atoms with E-state index in [1.165, 1.54) is 16.7 Å². The largest absolute Gasteiger partial charge is 0.497 e. The van der Waals surface area contributed by atoms with Crippen molar-refractivity contribution in [3.8, 4) is 5.75 Å². The van der Waals surface area contributed by atoms with E-state index in [0.29, 0.717) is 5.56 Å². The second-order valence-corrected chi connectivity index (χ2v) is 4.92. The number of aryl methyl sites for hydroxylation is 1. The molecule has 1 aliphatic rings.